The zero-order chi connectivity index (χ0) is 13.8. The molecule has 8 nitrogen and oxygen atoms in total. The molecule has 0 saturated heterocycles. The quantitative estimate of drug-likeness (QED) is 0.646. The van der Waals surface area contributed by atoms with E-state index in [1.165, 1.54) is 19.2 Å². The fourth-order valence-electron chi connectivity index (χ4n) is 1.60. The first-order chi connectivity index (χ1) is 9.11. The Hall–Kier alpha value is -2.64. The van der Waals surface area contributed by atoms with Crippen LogP contribution in [0.2, 0.25) is 0 Å². The van der Waals surface area contributed by atoms with Crippen molar-refractivity contribution in [2.45, 2.75) is 6.54 Å². The molecule has 0 unspecified atom stereocenters. The lowest BCUT2D eigenvalue weighted by Crippen LogP contribution is -2.06. The van der Waals surface area contributed by atoms with Crippen molar-refractivity contribution in [1.29, 1.82) is 0 Å². The molecule has 0 bridgehead atoms. The predicted molar refractivity (Wildman–Crippen MR) is 68.0 cm³/mol. The van der Waals surface area contributed by atoms with E-state index >= 15 is 0 Å². The molecule has 0 fully saturated rings. The first-order valence-corrected chi connectivity index (χ1v) is 5.51. The van der Waals surface area contributed by atoms with Gasteiger partial charge in [0.25, 0.3) is 5.69 Å². The van der Waals surface area contributed by atoms with Gasteiger partial charge >= 0.3 is 0 Å². The van der Waals surface area contributed by atoms with Gasteiger partial charge in [0.15, 0.2) is 0 Å². The maximum atomic E-state index is 10.7. The van der Waals surface area contributed by atoms with Crippen LogP contribution < -0.4 is 10.1 Å². The van der Waals surface area contributed by atoms with Crippen molar-refractivity contribution in [1.82, 2.24) is 15.0 Å². The molecule has 0 atom stereocenters. The number of methoxy groups -OCH3 is 1. The Morgan fingerprint density at radius 1 is 1.53 bits per heavy atom. The molecule has 1 heterocycles. The third-order valence-electron chi connectivity index (χ3n) is 2.66. The summed E-state index contributed by atoms with van der Waals surface area (Å²) in [6.45, 7) is 0.498. The molecule has 2 aromatic rings. The number of nitrogens with one attached hydrogen (secondary N) is 1. The van der Waals surface area contributed by atoms with Crippen molar-refractivity contribution in [2.75, 3.05) is 12.4 Å². The summed E-state index contributed by atoms with van der Waals surface area (Å²) in [4.78, 5) is 10.2. The summed E-state index contributed by atoms with van der Waals surface area (Å²) >= 11 is 0. The van der Waals surface area contributed by atoms with Crippen LogP contribution in [0.5, 0.6) is 5.75 Å². The SMILES string of the molecule is COc1cc([N+](=O)[O-])ccc1NCc1cnnn1C. The van der Waals surface area contributed by atoms with Crippen LogP contribution in [0.25, 0.3) is 0 Å². The number of ether oxygens (including phenoxy) is 1. The van der Waals surface area contributed by atoms with E-state index in [9.17, 15) is 10.1 Å². The maximum Gasteiger partial charge on any atom is 0.273 e. The highest BCUT2D eigenvalue weighted by atomic mass is 16.6. The van der Waals surface area contributed by atoms with Gasteiger partial charge in [-0.3, -0.25) is 14.8 Å². The van der Waals surface area contributed by atoms with Gasteiger partial charge in [-0.15, -0.1) is 5.10 Å². The Morgan fingerprint density at radius 3 is 2.89 bits per heavy atom. The second-order valence-electron chi connectivity index (χ2n) is 3.84. The average molecular weight is 263 g/mol. The van der Waals surface area contributed by atoms with Gasteiger partial charge in [0.2, 0.25) is 0 Å². The Morgan fingerprint density at radius 2 is 2.32 bits per heavy atom. The van der Waals surface area contributed by atoms with Gasteiger partial charge in [-0.2, -0.15) is 0 Å². The van der Waals surface area contributed by atoms with Gasteiger partial charge < -0.3 is 10.1 Å². The molecule has 100 valence electrons. The maximum absolute atomic E-state index is 10.7. The molecule has 0 radical (unpaired) electrons. The number of nitro groups is 1. The minimum Gasteiger partial charge on any atom is -0.494 e. The number of hydrogen-bond donors (Lipinski definition) is 1. The summed E-state index contributed by atoms with van der Waals surface area (Å²) in [6.07, 6.45) is 1.64. The van der Waals surface area contributed by atoms with Crippen molar-refractivity contribution in [2.24, 2.45) is 7.05 Å². The van der Waals surface area contributed by atoms with E-state index in [4.69, 9.17) is 4.74 Å². The molecule has 0 amide bonds. The van der Waals surface area contributed by atoms with Gasteiger partial charge in [0, 0.05) is 13.1 Å². The molecule has 0 aliphatic rings. The van der Waals surface area contributed by atoms with Crippen LogP contribution in [0.4, 0.5) is 11.4 Å². The minimum atomic E-state index is -0.461. The smallest absolute Gasteiger partial charge is 0.273 e. The van der Waals surface area contributed by atoms with Gasteiger partial charge in [0.05, 0.1) is 42.2 Å². The van der Waals surface area contributed by atoms with Crippen LogP contribution in [-0.2, 0) is 13.6 Å². The highest BCUT2D eigenvalue weighted by Gasteiger charge is 2.11. The second kappa shape index (κ2) is 5.34. The first-order valence-electron chi connectivity index (χ1n) is 5.51. The molecular weight excluding hydrogens is 250 g/mol. The van der Waals surface area contributed by atoms with E-state index in [1.807, 2.05) is 0 Å². The number of hydrogen-bond acceptors (Lipinski definition) is 6. The Kier molecular flexibility index (Phi) is 3.60. The number of nitro benzene ring substituents is 1. The van der Waals surface area contributed by atoms with Crippen molar-refractivity contribution in [3.8, 4) is 5.75 Å². The largest absolute Gasteiger partial charge is 0.494 e. The normalized spacial score (nSPS) is 10.2. The molecule has 1 aromatic carbocycles. The molecule has 0 aliphatic heterocycles. The number of aryl methyl sites for hydroxylation is 1. The third kappa shape index (κ3) is 2.79. The number of rotatable bonds is 5. The first kappa shape index (κ1) is 12.8. The third-order valence-corrected chi connectivity index (χ3v) is 2.66. The van der Waals surface area contributed by atoms with Gasteiger partial charge in [-0.25, -0.2) is 0 Å². The van der Waals surface area contributed by atoms with Crippen LogP contribution in [0.15, 0.2) is 24.4 Å². The summed E-state index contributed by atoms with van der Waals surface area (Å²) in [5.74, 6) is 0.421. The number of non-ortho nitro benzene ring substituents is 1. The van der Waals surface area contributed by atoms with E-state index in [2.05, 4.69) is 15.6 Å². The van der Waals surface area contributed by atoms with E-state index in [0.29, 0.717) is 18.0 Å². The summed E-state index contributed by atoms with van der Waals surface area (Å²) < 4.78 is 6.78. The van der Waals surface area contributed by atoms with Gasteiger partial charge in [-0.1, -0.05) is 5.21 Å². The molecule has 1 aromatic heterocycles. The summed E-state index contributed by atoms with van der Waals surface area (Å²) in [5, 5.41) is 21.4. The average Bonchev–Trinajstić information content (AvgIpc) is 2.81. The molecule has 1 N–H and O–H groups in total. The predicted octanol–water partition coefficient (Wildman–Crippen LogP) is 1.34. The van der Waals surface area contributed by atoms with E-state index in [-0.39, 0.29) is 5.69 Å². The second-order valence-corrected chi connectivity index (χ2v) is 3.84. The van der Waals surface area contributed by atoms with Crippen LogP contribution in [-0.4, -0.2) is 27.0 Å². The fraction of sp³-hybridized carbons (Fsp3) is 0.273. The molecule has 0 saturated carbocycles. The lowest BCUT2D eigenvalue weighted by molar-refractivity contribution is -0.384. The van der Waals surface area contributed by atoms with Crippen LogP contribution >= 0.6 is 0 Å². The Balaban J connectivity index is 2.16. The lowest BCUT2D eigenvalue weighted by Gasteiger charge is -2.10. The molecule has 0 spiro atoms. The molecule has 8 heteroatoms. The van der Waals surface area contributed by atoms with E-state index < -0.39 is 4.92 Å². The minimum absolute atomic E-state index is 0.00963. The monoisotopic (exact) mass is 263 g/mol. The van der Waals surface area contributed by atoms with Crippen molar-refractivity contribution in [3.05, 3.63) is 40.2 Å². The zero-order valence-electron chi connectivity index (χ0n) is 10.5. The zero-order valence-corrected chi connectivity index (χ0v) is 10.5. The van der Waals surface area contributed by atoms with Gasteiger partial charge in [-0.05, 0) is 6.07 Å². The fourth-order valence-corrected chi connectivity index (χ4v) is 1.60. The van der Waals surface area contributed by atoms with Crippen molar-refractivity contribution < 1.29 is 9.66 Å². The lowest BCUT2D eigenvalue weighted by atomic mass is 10.2. The number of nitrogens with zero attached hydrogens (tertiary/aromatic N) is 4. The van der Waals surface area contributed by atoms with Crippen molar-refractivity contribution >= 4 is 11.4 Å². The summed E-state index contributed by atoms with van der Waals surface area (Å²) in [7, 11) is 3.26. The topological polar surface area (TPSA) is 95.1 Å². The highest BCUT2D eigenvalue weighted by Crippen LogP contribution is 2.29. The number of benzene rings is 1. The number of aromatic nitrogens is 3. The Bertz CT molecular complexity index is 596. The Labute approximate surface area is 109 Å². The summed E-state index contributed by atoms with van der Waals surface area (Å²) in [6, 6.07) is 4.41. The standard InChI is InChI=1S/C11H13N5O3/c1-15-9(7-13-14-15)6-12-10-4-3-8(16(17)18)5-11(10)19-2/h3-5,7,12H,6H2,1-2H3. The van der Waals surface area contributed by atoms with Gasteiger partial charge in [0.1, 0.15) is 5.75 Å². The van der Waals surface area contributed by atoms with Crippen LogP contribution in [0.1, 0.15) is 5.69 Å². The van der Waals surface area contributed by atoms with E-state index in [0.717, 1.165) is 5.69 Å². The van der Waals surface area contributed by atoms with Crippen LogP contribution in [0.3, 0.4) is 0 Å². The van der Waals surface area contributed by atoms with Crippen molar-refractivity contribution in [3.63, 3.8) is 0 Å². The van der Waals surface area contributed by atoms with E-state index in [1.54, 1.807) is 24.0 Å². The highest BCUT2D eigenvalue weighted by molar-refractivity contribution is 5.60. The van der Waals surface area contributed by atoms with Crippen LogP contribution in [0, 0.1) is 10.1 Å². The molecule has 19 heavy (non-hydrogen) atoms. The molecule has 0 aliphatic carbocycles. The summed E-state index contributed by atoms with van der Waals surface area (Å²) in [5.41, 5.74) is 1.55. The molecule has 2 rings (SSSR count). The number of anilines is 1. The molecular formula is C11H13N5O3.